The van der Waals surface area contributed by atoms with Gasteiger partial charge in [0.15, 0.2) is 0 Å². The van der Waals surface area contributed by atoms with Crippen molar-refractivity contribution in [3.63, 3.8) is 0 Å². The van der Waals surface area contributed by atoms with Crippen molar-refractivity contribution in [2.45, 2.75) is 44.2 Å². The molecular formula is C15H21BrO3. The predicted octanol–water partition coefficient (Wildman–Crippen LogP) is 3.86. The van der Waals surface area contributed by atoms with Crippen molar-refractivity contribution >= 4 is 26.9 Å². The summed E-state index contributed by atoms with van der Waals surface area (Å²) in [5.74, 6) is 0. The van der Waals surface area contributed by atoms with Crippen molar-refractivity contribution in [2.24, 2.45) is 0 Å². The fraction of sp³-hybridized carbons (Fsp3) is 0.467. The number of hydrogen-bond donors (Lipinski definition) is 2. The van der Waals surface area contributed by atoms with Gasteiger partial charge in [0.25, 0.3) is 0 Å². The molecule has 0 unspecified atom stereocenters. The van der Waals surface area contributed by atoms with Gasteiger partial charge in [-0.05, 0) is 45.4 Å². The highest BCUT2D eigenvalue weighted by atomic mass is 79.9. The molecule has 0 saturated heterocycles. The lowest BCUT2D eigenvalue weighted by Gasteiger charge is -2.31. The van der Waals surface area contributed by atoms with Crippen LogP contribution in [0.2, 0.25) is 0 Å². The molecule has 0 spiro atoms. The van der Waals surface area contributed by atoms with Gasteiger partial charge in [0.05, 0.1) is 17.5 Å². The van der Waals surface area contributed by atoms with Crippen molar-refractivity contribution in [1.82, 2.24) is 0 Å². The lowest BCUT2D eigenvalue weighted by molar-refractivity contribution is -0.107. The molecule has 3 nitrogen and oxygen atoms in total. The first-order valence-electron chi connectivity index (χ1n) is 6.12. The van der Waals surface area contributed by atoms with E-state index in [-0.39, 0.29) is 0 Å². The maximum absolute atomic E-state index is 9.10. The fourth-order valence-electron chi connectivity index (χ4n) is 1.17. The number of rotatable bonds is 2. The minimum absolute atomic E-state index is 0.879. The van der Waals surface area contributed by atoms with E-state index in [9.17, 15) is 0 Å². The van der Waals surface area contributed by atoms with Gasteiger partial charge < -0.3 is 14.6 Å². The van der Waals surface area contributed by atoms with Crippen LogP contribution >= 0.6 is 15.9 Å². The molecule has 4 heteroatoms. The van der Waals surface area contributed by atoms with Crippen LogP contribution in [0.15, 0.2) is 34.9 Å². The molecule has 2 rings (SSSR count). The molecule has 19 heavy (non-hydrogen) atoms. The van der Waals surface area contributed by atoms with Crippen LogP contribution < -0.4 is 0 Å². The van der Waals surface area contributed by atoms with E-state index in [0.29, 0.717) is 0 Å². The lowest BCUT2D eigenvalue weighted by atomic mass is 9.90. The molecule has 0 atom stereocenters. The Morgan fingerprint density at radius 2 is 1.63 bits per heavy atom. The van der Waals surface area contributed by atoms with E-state index in [2.05, 4.69) is 22.0 Å². The average Bonchev–Trinajstić information content (AvgIpc) is 2.74. The molecule has 0 bridgehead atoms. The Hall–Kier alpha value is -0.840. The molecule has 0 aliphatic carbocycles. The molecule has 0 amide bonds. The summed E-state index contributed by atoms with van der Waals surface area (Å²) in [5.41, 5.74) is 0.221. The van der Waals surface area contributed by atoms with Crippen LogP contribution in [0, 0.1) is 0 Å². The normalized spacial score (nSPS) is 12.2. The zero-order valence-electron chi connectivity index (χ0n) is 11.8. The van der Waals surface area contributed by atoms with E-state index in [4.69, 9.17) is 14.6 Å². The number of aliphatic hydroxyl groups is 2. The van der Waals surface area contributed by atoms with Gasteiger partial charge in [-0.2, -0.15) is 0 Å². The van der Waals surface area contributed by atoms with Crippen molar-refractivity contribution in [3.05, 3.63) is 36.1 Å². The molecule has 2 aromatic rings. The number of halogens is 1. The Morgan fingerprint density at radius 1 is 1.05 bits per heavy atom. The molecule has 0 aliphatic rings. The number of furan rings is 1. The van der Waals surface area contributed by atoms with Gasteiger partial charge in [0.1, 0.15) is 5.58 Å². The largest absolute Gasteiger partial charge is 0.464 e. The van der Waals surface area contributed by atoms with Gasteiger partial charge in [-0.25, -0.2) is 0 Å². The molecule has 106 valence electrons. The van der Waals surface area contributed by atoms with Gasteiger partial charge in [0.2, 0.25) is 0 Å². The molecule has 2 N–H and O–H groups in total. The molecule has 1 heterocycles. The second kappa shape index (κ2) is 6.07. The zero-order valence-corrected chi connectivity index (χ0v) is 13.4. The molecule has 0 fully saturated rings. The van der Waals surface area contributed by atoms with Gasteiger partial charge in [-0.1, -0.05) is 28.1 Å². The molecular weight excluding hydrogens is 308 g/mol. The predicted molar refractivity (Wildman–Crippen MR) is 81.4 cm³/mol. The minimum atomic E-state index is -1.01. The Balaban J connectivity index is 0.000000203. The molecule has 1 aromatic carbocycles. The number of benzene rings is 1. The summed E-state index contributed by atoms with van der Waals surface area (Å²) in [7, 11) is 0. The maximum Gasteiger partial charge on any atom is 0.134 e. The summed E-state index contributed by atoms with van der Waals surface area (Å²) in [6, 6.07) is 8.06. The third-order valence-corrected chi connectivity index (χ3v) is 3.83. The van der Waals surface area contributed by atoms with Gasteiger partial charge >= 0.3 is 0 Å². The van der Waals surface area contributed by atoms with Crippen LogP contribution in [0.4, 0.5) is 0 Å². The van der Waals surface area contributed by atoms with Crippen molar-refractivity contribution in [1.29, 1.82) is 0 Å². The molecule has 0 radical (unpaired) electrons. The van der Waals surface area contributed by atoms with E-state index in [1.165, 1.54) is 10.9 Å². The summed E-state index contributed by atoms with van der Waals surface area (Å²) in [6.07, 6.45) is 1.72. The highest BCUT2D eigenvalue weighted by molar-refractivity contribution is 9.08. The second-order valence-electron chi connectivity index (χ2n) is 5.50. The van der Waals surface area contributed by atoms with Gasteiger partial charge in [-0.15, -0.1) is 0 Å². The highest BCUT2D eigenvalue weighted by Gasteiger charge is 2.31. The summed E-state index contributed by atoms with van der Waals surface area (Å²) < 4.78 is 5.24. The highest BCUT2D eigenvalue weighted by Crippen LogP contribution is 2.21. The van der Waals surface area contributed by atoms with E-state index in [1.54, 1.807) is 34.0 Å². The monoisotopic (exact) mass is 328 g/mol. The van der Waals surface area contributed by atoms with Crippen LogP contribution in [-0.4, -0.2) is 21.4 Å². The first kappa shape index (κ1) is 16.2. The average molecular weight is 329 g/mol. The number of fused-ring (bicyclic) bond motifs is 1. The van der Waals surface area contributed by atoms with Crippen molar-refractivity contribution in [2.75, 3.05) is 0 Å². The topological polar surface area (TPSA) is 53.6 Å². The Labute approximate surface area is 122 Å². The first-order valence-corrected chi connectivity index (χ1v) is 7.25. The number of alkyl halides is 1. The van der Waals surface area contributed by atoms with Crippen molar-refractivity contribution in [3.8, 4) is 0 Å². The van der Waals surface area contributed by atoms with E-state index >= 15 is 0 Å². The molecule has 0 aliphatic heterocycles. The Bertz CT molecular complexity index is 506. The lowest BCUT2D eigenvalue weighted by Crippen LogP contribution is -2.44. The van der Waals surface area contributed by atoms with Crippen LogP contribution in [0.3, 0.4) is 0 Å². The third-order valence-electron chi connectivity index (χ3n) is 3.23. The number of hydrogen-bond acceptors (Lipinski definition) is 3. The zero-order chi connectivity index (χ0) is 14.7. The van der Waals surface area contributed by atoms with E-state index in [1.807, 2.05) is 18.2 Å². The third kappa shape index (κ3) is 4.34. The van der Waals surface area contributed by atoms with E-state index in [0.717, 1.165) is 10.9 Å². The SMILES string of the molecule is BrCc1cccc2occc12.CC(C)(O)C(C)(C)O. The molecule has 1 aromatic heterocycles. The summed E-state index contributed by atoms with van der Waals surface area (Å²) in [5, 5.41) is 20.3. The smallest absolute Gasteiger partial charge is 0.134 e. The van der Waals surface area contributed by atoms with Gasteiger partial charge in [0, 0.05) is 10.7 Å². The minimum Gasteiger partial charge on any atom is -0.464 e. The first-order chi connectivity index (χ1) is 8.67. The summed E-state index contributed by atoms with van der Waals surface area (Å²) >= 11 is 3.42. The summed E-state index contributed by atoms with van der Waals surface area (Å²) in [6.45, 7) is 6.31. The molecule has 0 saturated carbocycles. The van der Waals surface area contributed by atoms with E-state index < -0.39 is 11.2 Å². The summed E-state index contributed by atoms with van der Waals surface area (Å²) in [4.78, 5) is 0. The van der Waals surface area contributed by atoms with Gasteiger partial charge in [-0.3, -0.25) is 0 Å². The van der Waals surface area contributed by atoms with Crippen LogP contribution in [-0.2, 0) is 5.33 Å². The fourth-order valence-corrected chi connectivity index (χ4v) is 1.66. The second-order valence-corrected chi connectivity index (χ2v) is 6.06. The van der Waals surface area contributed by atoms with Crippen LogP contribution in [0.25, 0.3) is 11.0 Å². The Morgan fingerprint density at radius 3 is 2.11 bits per heavy atom. The van der Waals surface area contributed by atoms with Crippen LogP contribution in [0.5, 0.6) is 0 Å². The Kier molecular flexibility index (Phi) is 5.18. The maximum atomic E-state index is 9.10. The van der Waals surface area contributed by atoms with Crippen molar-refractivity contribution < 1.29 is 14.6 Å². The quantitative estimate of drug-likeness (QED) is 0.823. The van der Waals surface area contributed by atoms with Crippen LogP contribution in [0.1, 0.15) is 33.3 Å². The standard InChI is InChI=1S/C9H7BrO.C6H14O2/c10-6-7-2-1-3-9-8(7)4-5-11-9;1-5(2,7)6(3,4)8/h1-5H,6H2;7-8H,1-4H3.